The molecular weight excluding hydrogens is 264 g/mol. The minimum absolute atomic E-state index is 0.498. The molecule has 0 amide bonds. The van der Waals surface area contributed by atoms with Crippen LogP contribution >= 0.6 is 0 Å². The molecule has 2 atom stereocenters. The zero-order chi connectivity index (χ0) is 14.2. The molecular formula is C15H22N6. The summed E-state index contributed by atoms with van der Waals surface area (Å²) in [4.78, 5) is 11.8. The van der Waals surface area contributed by atoms with Crippen LogP contribution in [0.25, 0.3) is 5.65 Å². The van der Waals surface area contributed by atoms with E-state index in [0.717, 1.165) is 23.8 Å². The maximum Gasteiger partial charge on any atom is 0.180 e. The molecule has 4 heterocycles. The van der Waals surface area contributed by atoms with Crippen LogP contribution in [0.15, 0.2) is 18.6 Å². The molecule has 2 unspecified atom stereocenters. The largest absolute Gasteiger partial charge is 0.369 e. The Bertz CT molecular complexity index is 636. The Morgan fingerprint density at radius 2 is 2.29 bits per heavy atom. The lowest BCUT2D eigenvalue weighted by molar-refractivity contribution is 0.318. The highest BCUT2D eigenvalue weighted by molar-refractivity contribution is 5.66. The molecule has 21 heavy (non-hydrogen) atoms. The Balaban J connectivity index is 1.64. The Morgan fingerprint density at radius 1 is 1.33 bits per heavy atom. The van der Waals surface area contributed by atoms with Gasteiger partial charge in [-0.1, -0.05) is 0 Å². The van der Waals surface area contributed by atoms with E-state index in [0.29, 0.717) is 12.1 Å². The number of rotatable bonds is 4. The standard InChI is InChI=1S/C15H22N6/c1-2-16-13-10-21-9-6-17-15(21)14(19-13)18-11-5-8-20-7-3-4-12(11)20/h6,9-12,16H,2-5,7-8H2,1H3,(H,18,19). The summed E-state index contributed by atoms with van der Waals surface area (Å²) >= 11 is 0. The molecule has 0 aliphatic carbocycles. The van der Waals surface area contributed by atoms with Gasteiger partial charge in [-0.05, 0) is 32.7 Å². The van der Waals surface area contributed by atoms with E-state index >= 15 is 0 Å². The first kappa shape index (κ1) is 12.9. The van der Waals surface area contributed by atoms with Gasteiger partial charge in [0, 0.05) is 37.6 Å². The first-order valence-corrected chi connectivity index (χ1v) is 7.93. The summed E-state index contributed by atoms with van der Waals surface area (Å²) in [6, 6.07) is 1.17. The molecule has 6 heteroatoms. The van der Waals surface area contributed by atoms with E-state index in [1.54, 1.807) is 0 Å². The van der Waals surface area contributed by atoms with Crippen molar-refractivity contribution in [1.82, 2.24) is 19.3 Å². The van der Waals surface area contributed by atoms with Crippen LogP contribution in [0.1, 0.15) is 26.2 Å². The number of nitrogens with zero attached hydrogens (tertiary/aromatic N) is 4. The molecule has 2 aromatic rings. The van der Waals surface area contributed by atoms with Crippen LogP contribution in [0.3, 0.4) is 0 Å². The van der Waals surface area contributed by atoms with E-state index in [4.69, 9.17) is 4.98 Å². The van der Waals surface area contributed by atoms with Crippen LogP contribution in [0.2, 0.25) is 0 Å². The van der Waals surface area contributed by atoms with Crippen molar-refractivity contribution < 1.29 is 0 Å². The van der Waals surface area contributed by atoms with E-state index in [1.165, 1.54) is 32.4 Å². The van der Waals surface area contributed by atoms with Crippen molar-refractivity contribution in [2.24, 2.45) is 0 Å². The highest BCUT2D eigenvalue weighted by atomic mass is 15.3. The summed E-state index contributed by atoms with van der Waals surface area (Å²) in [5, 5.41) is 6.96. The number of imidazole rings is 1. The number of anilines is 2. The zero-order valence-electron chi connectivity index (χ0n) is 12.4. The van der Waals surface area contributed by atoms with Crippen LogP contribution in [0.5, 0.6) is 0 Å². The summed E-state index contributed by atoms with van der Waals surface area (Å²) in [7, 11) is 0. The van der Waals surface area contributed by atoms with Crippen LogP contribution in [-0.2, 0) is 0 Å². The second kappa shape index (κ2) is 5.18. The minimum Gasteiger partial charge on any atom is -0.369 e. The maximum absolute atomic E-state index is 4.72. The smallest absolute Gasteiger partial charge is 0.180 e. The molecule has 0 saturated carbocycles. The van der Waals surface area contributed by atoms with E-state index < -0.39 is 0 Å². The molecule has 112 valence electrons. The van der Waals surface area contributed by atoms with E-state index in [9.17, 15) is 0 Å². The molecule has 2 aliphatic heterocycles. The van der Waals surface area contributed by atoms with Gasteiger partial charge in [0.05, 0.1) is 6.20 Å². The Hall–Kier alpha value is -1.82. The molecule has 0 aromatic carbocycles. The number of aromatic nitrogens is 3. The van der Waals surface area contributed by atoms with Gasteiger partial charge in [-0.15, -0.1) is 0 Å². The first-order valence-electron chi connectivity index (χ1n) is 7.93. The SMILES string of the molecule is CCNc1cn2ccnc2c(NC2CCN3CCCC23)n1. The number of fused-ring (bicyclic) bond motifs is 2. The van der Waals surface area contributed by atoms with Crippen molar-refractivity contribution in [2.75, 3.05) is 30.3 Å². The van der Waals surface area contributed by atoms with Crippen molar-refractivity contribution in [1.29, 1.82) is 0 Å². The Morgan fingerprint density at radius 3 is 3.19 bits per heavy atom. The summed E-state index contributed by atoms with van der Waals surface area (Å²) in [6.07, 6.45) is 9.62. The van der Waals surface area contributed by atoms with Gasteiger partial charge in [0.15, 0.2) is 11.5 Å². The highest BCUT2D eigenvalue weighted by Crippen LogP contribution is 2.30. The first-order chi connectivity index (χ1) is 10.3. The third kappa shape index (κ3) is 2.23. The minimum atomic E-state index is 0.498. The molecule has 0 spiro atoms. The van der Waals surface area contributed by atoms with Crippen LogP contribution in [0, 0.1) is 0 Å². The predicted octanol–water partition coefficient (Wildman–Crippen LogP) is 1.81. The van der Waals surface area contributed by atoms with E-state index in [-0.39, 0.29) is 0 Å². The maximum atomic E-state index is 4.72. The van der Waals surface area contributed by atoms with E-state index in [1.807, 2.05) is 23.0 Å². The van der Waals surface area contributed by atoms with Crippen molar-refractivity contribution in [2.45, 2.75) is 38.3 Å². The predicted molar refractivity (Wildman–Crippen MR) is 83.8 cm³/mol. The molecule has 0 bridgehead atoms. The average molecular weight is 286 g/mol. The Kier molecular flexibility index (Phi) is 3.18. The van der Waals surface area contributed by atoms with Crippen molar-refractivity contribution in [3.8, 4) is 0 Å². The van der Waals surface area contributed by atoms with Crippen LogP contribution in [0.4, 0.5) is 11.6 Å². The fourth-order valence-corrected chi connectivity index (χ4v) is 3.72. The quantitative estimate of drug-likeness (QED) is 0.898. The number of hydrogen-bond donors (Lipinski definition) is 2. The normalized spacial score (nSPS) is 25.4. The van der Waals surface area contributed by atoms with Gasteiger partial charge in [-0.25, -0.2) is 9.97 Å². The number of hydrogen-bond acceptors (Lipinski definition) is 5. The molecule has 2 fully saturated rings. The van der Waals surface area contributed by atoms with Crippen molar-refractivity contribution >= 4 is 17.3 Å². The fraction of sp³-hybridized carbons (Fsp3) is 0.600. The highest BCUT2D eigenvalue weighted by Gasteiger charge is 2.37. The van der Waals surface area contributed by atoms with Crippen molar-refractivity contribution in [3.63, 3.8) is 0 Å². The molecule has 2 aliphatic rings. The van der Waals surface area contributed by atoms with Crippen molar-refractivity contribution in [3.05, 3.63) is 18.6 Å². The van der Waals surface area contributed by atoms with Gasteiger partial charge in [0.1, 0.15) is 5.82 Å². The van der Waals surface area contributed by atoms with Crippen LogP contribution < -0.4 is 10.6 Å². The lowest BCUT2D eigenvalue weighted by Crippen LogP contribution is -2.34. The van der Waals surface area contributed by atoms with Gasteiger partial charge >= 0.3 is 0 Å². The number of nitrogens with one attached hydrogen (secondary N) is 2. The van der Waals surface area contributed by atoms with Gasteiger partial charge in [-0.3, -0.25) is 4.90 Å². The lowest BCUT2D eigenvalue weighted by atomic mass is 10.1. The summed E-state index contributed by atoms with van der Waals surface area (Å²) < 4.78 is 2.04. The second-order valence-corrected chi connectivity index (χ2v) is 5.95. The van der Waals surface area contributed by atoms with Gasteiger partial charge < -0.3 is 15.0 Å². The topological polar surface area (TPSA) is 57.5 Å². The van der Waals surface area contributed by atoms with Gasteiger partial charge in [-0.2, -0.15) is 0 Å². The molecule has 0 radical (unpaired) electrons. The molecule has 2 aromatic heterocycles. The summed E-state index contributed by atoms with van der Waals surface area (Å²) in [6.45, 7) is 5.42. The summed E-state index contributed by atoms with van der Waals surface area (Å²) in [5.74, 6) is 1.80. The third-order valence-electron chi connectivity index (χ3n) is 4.66. The monoisotopic (exact) mass is 286 g/mol. The zero-order valence-corrected chi connectivity index (χ0v) is 12.4. The molecule has 2 N–H and O–H groups in total. The van der Waals surface area contributed by atoms with Crippen LogP contribution in [-0.4, -0.2) is 51.0 Å². The molecule has 6 nitrogen and oxygen atoms in total. The van der Waals surface area contributed by atoms with Gasteiger partial charge in [0.2, 0.25) is 0 Å². The van der Waals surface area contributed by atoms with E-state index in [2.05, 4.69) is 27.4 Å². The third-order valence-corrected chi connectivity index (χ3v) is 4.66. The van der Waals surface area contributed by atoms with Gasteiger partial charge in [0.25, 0.3) is 0 Å². The lowest BCUT2D eigenvalue weighted by Gasteiger charge is -2.22. The molecule has 4 rings (SSSR count). The summed E-state index contributed by atoms with van der Waals surface area (Å²) in [5.41, 5.74) is 0.910. The average Bonchev–Trinajstić information content (AvgIpc) is 3.16. The fourth-order valence-electron chi connectivity index (χ4n) is 3.72. The second-order valence-electron chi connectivity index (χ2n) is 5.95. The molecule has 2 saturated heterocycles. The Labute approximate surface area is 124 Å².